The number of hydrogen-bond donors (Lipinski definition) is 2. The lowest BCUT2D eigenvalue weighted by atomic mass is 9.97. The fourth-order valence-corrected chi connectivity index (χ4v) is 5.03. The molecule has 3 N–H and O–H groups in total. The van der Waals surface area contributed by atoms with Crippen LogP contribution in [0, 0.1) is 6.92 Å². The van der Waals surface area contributed by atoms with Crippen molar-refractivity contribution in [1.29, 1.82) is 0 Å². The summed E-state index contributed by atoms with van der Waals surface area (Å²) in [7, 11) is 0. The van der Waals surface area contributed by atoms with Crippen LogP contribution in [0.1, 0.15) is 48.0 Å². The number of benzene rings is 2. The molecule has 41 heavy (non-hydrogen) atoms. The van der Waals surface area contributed by atoms with E-state index in [9.17, 15) is 9.59 Å². The number of carboxylic acids is 1. The Kier molecular flexibility index (Phi) is 10.0. The minimum absolute atomic E-state index is 0.0805. The first-order valence-corrected chi connectivity index (χ1v) is 14.1. The Hall–Kier alpha value is -4.28. The topological polar surface area (TPSA) is 134 Å². The molecule has 1 atom stereocenters. The minimum atomic E-state index is -1.05. The maximum Gasteiger partial charge on any atom is 0.327 e. The number of hydrogen-bond acceptors (Lipinski definition) is 9. The molecule has 9 nitrogen and oxygen atoms in total. The SMILES string of the molecule is Cc1sc(-c2ccc(Oc3ccccc3)nc2)nc1CCOc1ccc(CCC(=O)O)c(C(N)C(=O)OC(C)C)c1. The molecule has 4 aromatic rings. The van der Waals surface area contributed by atoms with Gasteiger partial charge in [-0.2, -0.15) is 0 Å². The van der Waals surface area contributed by atoms with Gasteiger partial charge in [-0.05, 0) is 68.7 Å². The predicted octanol–water partition coefficient (Wildman–Crippen LogP) is 5.90. The highest BCUT2D eigenvalue weighted by atomic mass is 32.1. The number of carboxylic acid groups (broad SMARTS) is 1. The molecule has 2 aromatic carbocycles. The van der Waals surface area contributed by atoms with Gasteiger partial charge in [-0.15, -0.1) is 11.3 Å². The van der Waals surface area contributed by atoms with Crippen molar-refractivity contribution in [2.75, 3.05) is 6.61 Å². The summed E-state index contributed by atoms with van der Waals surface area (Å²) in [6, 6.07) is 17.4. The lowest BCUT2D eigenvalue weighted by Crippen LogP contribution is -2.27. The average Bonchev–Trinajstić information content (AvgIpc) is 3.32. The second kappa shape index (κ2) is 13.9. The molecule has 214 valence electrons. The van der Waals surface area contributed by atoms with Crippen LogP contribution in [0.3, 0.4) is 0 Å². The Bertz CT molecular complexity index is 1470. The van der Waals surface area contributed by atoms with Gasteiger partial charge in [0.05, 0.1) is 18.4 Å². The maximum absolute atomic E-state index is 12.5. The van der Waals surface area contributed by atoms with Crippen molar-refractivity contribution in [2.24, 2.45) is 5.73 Å². The van der Waals surface area contributed by atoms with E-state index in [-0.39, 0.29) is 18.9 Å². The van der Waals surface area contributed by atoms with Crippen LogP contribution < -0.4 is 15.2 Å². The quantitative estimate of drug-likeness (QED) is 0.187. The van der Waals surface area contributed by atoms with E-state index < -0.39 is 18.0 Å². The van der Waals surface area contributed by atoms with Gasteiger partial charge in [0.25, 0.3) is 0 Å². The van der Waals surface area contributed by atoms with Crippen molar-refractivity contribution in [3.05, 3.63) is 88.6 Å². The molecule has 2 aromatic heterocycles. The summed E-state index contributed by atoms with van der Waals surface area (Å²) in [5.41, 5.74) is 9.19. The van der Waals surface area contributed by atoms with Gasteiger partial charge in [-0.25, -0.2) is 14.8 Å². The highest BCUT2D eigenvalue weighted by Gasteiger charge is 2.23. The van der Waals surface area contributed by atoms with Crippen LogP contribution in [0.15, 0.2) is 66.9 Å². The van der Waals surface area contributed by atoms with Crippen molar-refractivity contribution < 1.29 is 28.9 Å². The summed E-state index contributed by atoms with van der Waals surface area (Å²) in [5, 5.41) is 9.97. The molecule has 0 saturated heterocycles. The van der Waals surface area contributed by atoms with Crippen molar-refractivity contribution in [3.63, 3.8) is 0 Å². The molecule has 4 rings (SSSR count). The molecule has 0 saturated carbocycles. The van der Waals surface area contributed by atoms with Crippen LogP contribution in [0.4, 0.5) is 0 Å². The maximum atomic E-state index is 12.5. The third kappa shape index (κ3) is 8.36. The number of aliphatic carboxylic acids is 1. The normalized spacial score (nSPS) is 11.7. The Labute approximate surface area is 242 Å². The summed E-state index contributed by atoms with van der Waals surface area (Å²) >= 11 is 1.58. The zero-order valence-electron chi connectivity index (χ0n) is 23.2. The molecule has 0 aliphatic rings. The number of aromatic nitrogens is 2. The summed E-state index contributed by atoms with van der Waals surface area (Å²) in [5.74, 6) is 0.249. The molecular formula is C31H33N3O6S. The van der Waals surface area contributed by atoms with Gasteiger partial charge in [-0.3, -0.25) is 4.79 Å². The third-order valence-corrected chi connectivity index (χ3v) is 7.18. The van der Waals surface area contributed by atoms with E-state index in [1.807, 2.05) is 49.4 Å². The molecule has 0 spiro atoms. The van der Waals surface area contributed by atoms with Gasteiger partial charge in [0.15, 0.2) is 0 Å². The van der Waals surface area contributed by atoms with Gasteiger partial charge >= 0.3 is 11.9 Å². The number of thiazole rings is 1. The number of para-hydroxylation sites is 1. The third-order valence-electron chi connectivity index (χ3n) is 6.12. The molecule has 0 radical (unpaired) electrons. The van der Waals surface area contributed by atoms with E-state index in [0.717, 1.165) is 26.9 Å². The Morgan fingerprint density at radius 2 is 1.80 bits per heavy atom. The summed E-state index contributed by atoms with van der Waals surface area (Å²) in [6.07, 6.45) is 2.16. The monoisotopic (exact) mass is 575 g/mol. The average molecular weight is 576 g/mol. The first-order valence-electron chi connectivity index (χ1n) is 13.3. The number of carbonyl (C=O) groups is 2. The fourth-order valence-electron chi connectivity index (χ4n) is 4.08. The second-order valence-corrected chi connectivity index (χ2v) is 10.8. The number of aryl methyl sites for hydroxylation is 2. The Balaban J connectivity index is 1.40. The van der Waals surface area contributed by atoms with Gasteiger partial charge in [0, 0.05) is 35.5 Å². The molecule has 0 fully saturated rings. The number of nitrogens with two attached hydrogens (primary N) is 1. The largest absolute Gasteiger partial charge is 0.493 e. The van der Waals surface area contributed by atoms with Crippen LogP contribution >= 0.6 is 11.3 Å². The smallest absolute Gasteiger partial charge is 0.327 e. The van der Waals surface area contributed by atoms with E-state index in [2.05, 4.69) is 4.98 Å². The number of esters is 1. The van der Waals surface area contributed by atoms with Crippen molar-refractivity contribution >= 4 is 23.3 Å². The molecule has 10 heteroatoms. The minimum Gasteiger partial charge on any atom is -0.493 e. The molecule has 0 aliphatic carbocycles. The van der Waals surface area contributed by atoms with Crippen molar-refractivity contribution in [1.82, 2.24) is 9.97 Å². The summed E-state index contributed by atoms with van der Waals surface area (Å²) in [6.45, 7) is 5.86. The first-order chi connectivity index (χ1) is 19.7. The van der Waals surface area contributed by atoms with Gasteiger partial charge in [-0.1, -0.05) is 24.3 Å². The fraction of sp³-hybridized carbons (Fsp3) is 0.290. The first kappa shape index (κ1) is 29.7. The van der Waals surface area contributed by atoms with E-state index in [0.29, 0.717) is 35.8 Å². The number of ether oxygens (including phenoxy) is 3. The van der Waals surface area contributed by atoms with E-state index in [1.54, 1.807) is 49.6 Å². The standard InChI is InChI=1S/C31H33N3O6S/c1-19(2)39-31(37)29(32)25-17-24(12-9-21(25)11-14-28(35)36)38-16-15-26-20(3)41-30(34-26)22-10-13-27(33-18-22)40-23-7-5-4-6-8-23/h4-10,12-13,17-19,29H,11,14-16,32H2,1-3H3,(H,35,36). The van der Waals surface area contributed by atoms with Crippen LogP contribution in [0.25, 0.3) is 10.6 Å². The number of nitrogens with zero attached hydrogens (tertiary/aromatic N) is 2. The molecule has 2 heterocycles. The summed E-state index contributed by atoms with van der Waals surface area (Å²) in [4.78, 5) is 33.9. The van der Waals surface area contributed by atoms with Crippen LogP contribution in [0.5, 0.6) is 17.4 Å². The molecular weight excluding hydrogens is 542 g/mol. The molecule has 0 aliphatic heterocycles. The highest BCUT2D eigenvalue weighted by Crippen LogP contribution is 2.30. The van der Waals surface area contributed by atoms with E-state index in [1.165, 1.54) is 0 Å². The lowest BCUT2D eigenvalue weighted by molar-refractivity contribution is -0.149. The van der Waals surface area contributed by atoms with Gasteiger partial charge in [0.2, 0.25) is 5.88 Å². The van der Waals surface area contributed by atoms with Gasteiger partial charge < -0.3 is 25.1 Å². The number of carbonyl (C=O) groups excluding carboxylic acids is 1. The highest BCUT2D eigenvalue weighted by molar-refractivity contribution is 7.15. The zero-order valence-corrected chi connectivity index (χ0v) is 24.0. The Morgan fingerprint density at radius 3 is 2.49 bits per heavy atom. The van der Waals surface area contributed by atoms with Crippen LogP contribution in [-0.4, -0.2) is 39.7 Å². The molecule has 0 amide bonds. The lowest BCUT2D eigenvalue weighted by Gasteiger charge is -2.18. The van der Waals surface area contributed by atoms with Crippen LogP contribution in [-0.2, 0) is 27.2 Å². The second-order valence-electron chi connectivity index (χ2n) is 9.64. The Morgan fingerprint density at radius 1 is 1.02 bits per heavy atom. The number of rotatable bonds is 13. The van der Waals surface area contributed by atoms with Crippen LogP contribution in [0.2, 0.25) is 0 Å². The van der Waals surface area contributed by atoms with Gasteiger partial charge in [0.1, 0.15) is 22.5 Å². The molecule has 1 unspecified atom stereocenters. The van der Waals surface area contributed by atoms with E-state index in [4.69, 9.17) is 30.0 Å². The molecule has 0 bridgehead atoms. The van der Waals surface area contributed by atoms with Crippen molar-refractivity contribution in [3.8, 4) is 28.0 Å². The summed E-state index contributed by atoms with van der Waals surface area (Å²) < 4.78 is 17.0. The van der Waals surface area contributed by atoms with Crippen molar-refractivity contribution in [2.45, 2.75) is 52.2 Å². The van der Waals surface area contributed by atoms with E-state index >= 15 is 0 Å². The number of pyridine rings is 1. The predicted molar refractivity (Wildman–Crippen MR) is 156 cm³/mol. The zero-order chi connectivity index (χ0) is 29.4.